The summed E-state index contributed by atoms with van der Waals surface area (Å²) in [6, 6.07) is 6.73. The highest BCUT2D eigenvalue weighted by Gasteiger charge is 2.21. The van der Waals surface area contributed by atoms with Crippen molar-refractivity contribution in [2.24, 2.45) is 0 Å². The summed E-state index contributed by atoms with van der Waals surface area (Å²) < 4.78 is 25.7. The summed E-state index contributed by atoms with van der Waals surface area (Å²) in [5, 5.41) is 11.1. The second-order valence-electron chi connectivity index (χ2n) is 5.29. The summed E-state index contributed by atoms with van der Waals surface area (Å²) >= 11 is 0. The van der Waals surface area contributed by atoms with Gasteiger partial charge in [0.15, 0.2) is 5.69 Å². The lowest BCUT2D eigenvalue weighted by Crippen LogP contribution is -2.22. The Hall–Kier alpha value is -2.77. The van der Waals surface area contributed by atoms with E-state index in [4.69, 9.17) is 0 Å². The summed E-state index contributed by atoms with van der Waals surface area (Å²) in [4.78, 5) is 23.0. The summed E-state index contributed by atoms with van der Waals surface area (Å²) in [7, 11) is 0. The van der Waals surface area contributed by atoms with Gasteiger partial charge in [0.05, 0.1) is 11.4 Å². The minimum absolute atomic E-state index is 0.00438. The second kappa shape index (κ2) is 7.67. The van der Waals surface area contributed by atoms with Crippen LogP contribution in [0.2, 0.25) is 0 Å². The highest BCUT2D eigenvalue weighted by atomic mass is 19.3. The molecule has 0 radical (unpaired) electrons. The third-order valence-corrected chi connectivity index (χ3v) is 3.42. The van der Waals surface area contributed by atoms with Crippen LogP contribution in [0.5, 0.6) is 0 Å². The number of carbonyl (C=O) groups is 2. The highest BCUT2D eigenvalue weighted by Crippen LogP contribution is 2.27. The van der Waals surface area contributed by atoms with Crippen LogP contribution in [0.1, 0.15) is 40.7 Å². The molecule has 2 amide bonds. The van der Waals surface area contributed by atoms with E-state index in [0.29, 0.717) is 24.2 Å². The fourth-order valence-corrected chi connectivity index (χ4v) is 2.16. The molecule has 0 aliphatic heterocycles. The first-order valence-electron chi connectivity index (χ1n) is 7.36. The van der Waals surface area contributed by atoms with Gasteiger partial charge in [-0.1, -0.05) is 12.1 Å². The van der Waals surface area contributed by atoms with Crippen LogP contribution in [0.25, 0.3) is 0 Å². The van der Waals surface area contributed by atoms with Gasteiger partial charge in [-0.25, -0.2) is 8.78 Å². The van der Waals surface area contributed by atoms with Crippen molar-refractivity contribution in [2.75, 3.05) is 11.9 Å². The van der Waals surface area contributed by atoms with E-state index >= 15 is 0 Å². The molecular formula is C16H18F2N4O2. The molecule has 1 aromatic carbocycles. The average Bonchev–Trinajstić information content (AvgIpc) is 2.89. The van der Waals surface area contributed by atoms with Crippen LogP contribution >= 0.6 is 0 Å². The first-order chi connectivity index (χ1) is 11.4. The van der Waals surface area contributed by atoms with Crippen LogP contribution in [0.3, 0.4) is 0 Å². The maximum Gasteiger partial charge on any atom is 0.284 e. The minimum atomic E-state index is -2.78. The van der Waals surface area contributed by atoms with E-state index in [9.17, 15) is 18.4 Å². The number of aromatic nitrogens is 2. The quantitative estimate of drug-likeness (QED) is 0.758. The van der Waals surface area contributed by atoms with Crippen LogP contribution in [0.4, 0.5) is 14.5 Å². The van der Waals surface area contributed by atoms with Gasteiger partial charge in [0, 0.05) is 19.0 Å². The zero-order chi connectivity index (χ0) is 17.7. The molecule has 0 unspecified atom stereocenters. The summed E-state index contributed by atoms with van der Waals surface area (Å²) in [5.74, 6) is -0.592. The molecule has 1 aromatic heterocycles. The molecule has 0 aliphatic rings. The highest BCUT2D eigenvalue weighted by molar-refractivity contribution is 6.04. The zero-order valence-electron chi connectivity index (χ0n) is 13.3. The molecule has 0 saturated heterocycles. The summed E-state index contributed by atoms with van der Waals surface area (Å²) in [5.41, 5.74) is 1.19. The van der Waals surface area contributed by atoms with Gasteiger partial charge in [0.25, 0.3) is 12.3 Å². The Morgan fingerprint density at radius 2 is 1.92 bits per heavy atom. The summed E-state index contributed by atoms with van der Waals surface area (Å²) in [6.07, 6.45) is -2.14. The molecule has 0 bridgehead atoms. The van der Waals surface area contributed by atoms with Crippen molar-refractivity contribution < 1.29 is 18.4 Å². The number of nitrogens with one attached hydrogen (secondary N) is 3. The molecule has 2 aromatic rings. The molecule has 8 heteroatoms. The standard InChI is InChI=1S/C16H18F2N4O2/c1-9-13(14(15(17)18)22-21-9)20-16(24)12-5-3-11(4-6-12)7-8-19-10(2)23/h3-6,15H,7-8H2,1-2H3,(H,19,23)(H,20,24)(H,21,22). The van der Waals surface area contributed by atoms with E-state index in [1.165, 1.54) is 6.92 Å². The SMILES string of the molecule is CC(=O)NCCc1ccc(C(=O)Nc2c(C(F)F)n[nH]c2C)cc1. The molecule has 1 heterocycles. The van der Waals surface area contributed by atoms with Crippen molar-refractivity contribution >= 4 is 17.5 Å². The van der Waals surface area contributed by atoms with Crippen molar-refractivity contribution in [3.63, 3.8) is 0 Å². The molecule has 0 saturated carbocycles. The molecule has 128 valence electrons. The van der Waals surface area contributed by atoms with E-state index in [1.54, 1.807) is 31.2 Å². The number of nitrogens with zero attached hydrogens (tertiary/aromatic N) is 1. The first-order valence-corrected chi connectivity index (χ1v) is 7.36. The third-order valence-electron chi connectivity index (χ3n) is 3.42. The molecule has 0 aliphatic carbocycles. The van der Waals surface area contributed by atoms with Crippen molar-refractivity contribution in [1.82, 2.24) is 15.5 Å². The number of amides is 2. The lowest BCUT2D eigenvalue weighted by Gasteiger charge is -2.08. The van der Waals surface area contributed by atoms with Gasteiger partial charge in [-0.3, -0.25) is 14.7 Å². The van der Waals surface area contributed by atoms with E-state index in [-0.39, 0.29) is 11.6 Å². The predicted molar refractivity (Wildman–Crippen MR) is 85.1 cm³/mol. The monoisotopic (exact) mass is 336 g/mol. The number of alkyl halides is 2. The normalized spacial score (nSPS) is 10.7. The topological polar surface area (TPSA) is 86.9 Å². The fourth-order valence-electron chi connectivity index (χ4n) is 2.16. The maximum atomic E-state index is 12.9. The Morgan fingerprint density at radius 3 is 2.50 bits per heavy atom. The molecular weight excluding hydrogens is 318 g/mol. The van der Waals surface area contributed by atoms with Gasteiger partial charge in [0.1, 0.15) is 0 Å². The molecule has 0 fully saturated rings. The number of hydrogen-bond donors (Lipinski definition) is 3. The van der Waals surface area contributed by atoms with Gasteiger partial charge < -0.3 is 10.6 Å². The molecule has 2 rings (SSSR count). The van der Waals surface area contributed by atoms with Crippen LogP contribution in [0.15, 0.2) is 24.3 Å². The molecule has 0 spiro atoms. The van der Waals surface area contributed by atoms with Crippen molar-refractivity contribution in [2.45, 2.75) is 26.7 Å². The van der Waals surface area contributed by atoms with E-state index in [0.717, 1.165) is 5.56 Å². The van der Waals surface area contributed by atoms with Crippen LogP contribution in [-0.4, -0.2) is 28.6 Å². The molecule has 3 N–H and O–H groups in total. The van der Waals surface area contributed by atoms with Gasteiger partial charge in [-0.05, 0) is 31.0 Å². The number of hydrogen-bond acceptors (Lipinski definition) is 3. The van der Waals surface area contributed by atoms with Gasteiger partial charge >= 0.3 is 0 Å². The van der Waals surface area contributed by atoms with Gasteiger partial charge in [-0.2, -0.15) is 5.10 Å². The zero-order valence-corrected chi connectivity index (χ0v) is 13.3. The summed E-state index contributed by atoms with van der Waals surface area (Å²) in [6.45, 7) is 3.51. The number of H-pyrrole nitrogens is 1. The number of benzene rings is 1. The van der Waals surface area contributed by atoms with Crippen molar-refractivity contribution in [3.8, 4) is 0 Å². The predicted octanol–water partition coefficient (Wildman–Crippen LogP) is 2.59. The van der Waals surface area contributed by atoms with E-state index in [2.05, 4.69) is 20.8 Å². The number of aromatic amines is 1. The van der Waals surface area contributed by atoms with Crippen LogP contribution < -0.4 is 10.6 Å². The Balaban J connectivity index is 2.03. The third kappa shape index (κ3) is 4.37. The van der Waals surface area contributed by atoms with Crippen molar-refractivity contribution in [1.29, 1.82) is 0 Å². The molecule has 6 nitrogen and oxygen atoms in total. The Kier molecular flexibility index (Phi) is 5.62. The lowest BCUT2D eigenvalue weighted by molar-refractivity contribution is -0.118. The van der Waals surface area contributed by atoms with E-state index < -0.39 is 18.0 Å². The minimum Gasteiger partial charge on any atom is -0.356 e. The second-order valence-corrected chi connectivity index (χ2v) is 5.29. The first kappa shape index (κ1) is 17.6. The van der Waals surface area contributed by atoms with Crippen molar-refractivity contribution in [3.05, 3.63) is 46.8 Å². The maximum absolute atomic E-state index is 12.9. The lowest BCUT2D eigenvalue weighted by atomic mass is 10.1. The Labute approximate surface area is 137 Å². The van der Waals surface area contributed by atoms with E-state index in [1.807, 2.05) is 0 Å². The fraction of sp³-hybridized carbons (Fsp3) is 0.312. The van der Waals surface area contributed by atoms with Gasteiger partial charge in [0.2, 0.25) is 5.91 Å². The number of rotatable bonds is 6. The Morgan fingerprint density at radius 1 is 1.25 bits per heavy atom. The number of halogens is 2. The average molecular weight is 336 g/mol. The van der Waals surface area contributed by atoms with Gasteiger partial charge in [-0.15, -0.1) is 0 Å². The van der Waals surface area contributed by atoms with Crippen LogP contribution in [0, 0.1) is 6.92 Å². The van der Waals surface area contributed by atoms with Crippen LogP contribution in [-0.2, 0) is 11.2 Å². The molecule has 0 atom stereocenters. The Bertz CT molecular complexity index is 726. The largest absolute Gasteiger partial charge is 0.356 e. The smallest absolute Gasteiger partial charge is 0.284 e. The molecule has 24 heavy (non-hydrogen) atoms. The number of aryl methyl sites for hydroxylation is 1. The number of carbonyl (C=O) groups excluding carboxylic acids is 2. The number of anilines is 1.